The van der Waals surface area contributed by atoms with Gasteiger partial charge in [-0.1, -0.05) is 31.4 Å². The number of allylic oxidation sites excluding steroid dienone is 2. The molecule has 2 aliphatic carbocycles. The summed E-state index contributed by atoms with van der Waals surface area (Å²) in [6.45, 7) is 1.92. The van der Waals surface area contributed by atoms with Crippen LogP contribution in [-0.2, 0) is 4.79 Å². The Morgan fingerprint density at radius 2 is 1.88 bits per heavy atom. The molecular weight excluding hydrogens is 418 g/mol. The van der Waals surface area contributed by atoms with Gasteiger partial charge in [-0.05, 0) is 57.2 Å². The molecule has 0 spiro atoms. The number of nitrogens with one attached hydrogen (secondary N) is 3. The zero-order chi connectivity index (χ0) is 23.6. The predicted octanol–water partition coefficient (Wildman–Crippen LogP) is 3.41. The first-order chi connectivity index (χ1) is 16.1. The summed E-state index contributed by atoms with van der Waals surface area (Å²) in [5, 5.41) is 1.71. The molecule has 1 aromatic carbocycles. The Morgan fingerprint density at radius 3 is 2.45 bits per heavy atom. The zero-order valence-electron chi connectivity index (χ0n) is 19.8. The molecule has 3 aliphatic rings. The Labute approximate surface area is 196 Å². The fraction of sp³-hybridized carbons (Fsp3) is 0.480. The fourth-order valence-electron chi connectivity index (χ4n) is 3.95. The van der Waals surface area contributed by atoms with Crippen LogP contribution < -0.4 is 21.0 Å². The van der Waals surface area contributed by atoms with Gasteiger partial charge in [-0.3, -0.25) is 25.4 Å². The lowest BCUT2D eigenvalue weighted by molar-refractivity contribution is -0.105. The van der Waals surface area contributed by atoms with Crippen LogP contribution in [0.4, 0.5) is 0 Å². The largest absolute Gasteiger partial charge is 0.454 e. The molecule has 4 rings (SSSR count). The maximum Gasteiger partial charge on any atom is 0.163 e. The first kappa shape index (κ1) is 24.8. The minimum atomic E-state index is 0.252. The molecule has 0 unspecified atom stereocenters. The number of aliphatic imine (C=N–C) groups is 1. The second kappa shape index (κ2) is 12.4. The van der Waals surface area contributed by atoms with Gasteiger partial charge < -0.3 is 4.74 Å². The summed E-state index contributed by atoms with van der Waals surface area (Å²) >= 11 is 0. The molecule has 3 N–H and O–H groups in total. The fourth-order valence-corrected chi connectivity index (χ4v) is 3.95. The molecular formula is C25H35N5O3. The highest BCUT2D eigenvalue weighted by Gasteiger charge is 2.25. The van der Waals surface area contributed by atoms with Crippen molar-refractivity contribution >= 4 is 18.8 Å². The highest BCUT2D eigenvalue weighted by atomic mass is 16.5. The summed E-state index contributed by atoms with van der Waals surface area (Å²) in [4.78, 5) is 27.3. The average molecular weight is 454 g/mol. The van der Waals surface area contributed by atoms with Gasteiger partial charge in [-0.2, -0.15) is 0 Å². The van der Waals surface area contributed by atoms with Crippen molar-refractivity contribution in [1.82, 2.24) is 21.3 Å². The second-order valence-corrected chi connectivity index (χ2v) is 8.53. The van der Waals surface area contributed by atoms with E-state index in [1.165, 1.54) is 19.3 Å². The number of carbonyl (C=O) groups is 2. The van der Waals surface area contributed by atoms with Crippen LogP contribution in [-0.4, -0.2) is 43.9 Å². The Balaban J connectivity index is 0.000000442. The van der Waals surface area contributed by atoms with Crippen molar-refractivity contribution in [2.75, 3.05) is 14.1 Å². The Bertz CT molecular complexity index is 915. The summed E-state index contributed by atoms with van der Waals surface area (Å²) in [7, 11) is 3.68. The minimum Gasteiger partial charge on any atom is -0.454 e. The second-order valence-electron chi connectivity index (χ2n) is 8.53. The maximum absolute atomic E-state index is 11.8. The van der Waals surface area contributed by atoms with E-state index in [1.54, 1.807) is 36.6 Å². The number of benzene rings is 1. The van der Waals surface area contributed by atoms with E-state index < -0.39 is 0 Å². The lowest BCUT2D eigenvalue weighted by atomic mass is 9.84. The van der Waals surface area contributed by atoms with Crippen molar-refractivity contribution in [1.29, 1.82) is 0 Å². The number of hydrogen-bond acceptors (Lipinski definition) is 8. The van der Waals surface area contributed by atoms with Crippen LogP contribution in [0.1, 0.15) is 60.9 Å². The van der Waals surface area contributed by atoms with Gasteiger partial charge in [0.15, 0.2) is 11.6 Å². The highest BCUT2D eigenvalue weighted by Crippen LogP contribution is 2.32. The molecule has 1 heterocycles. The topological polar surface area (TPSA) is 95.1 Å². The Morgan fingerprint density at radius 1 is 1.12 bits per heavy atom. The number of carbonyl (C=O) groups excluding carboxylic acids is 2. The molecule has 0 aromatic heterocycles. The molecule has 2 saturated carbocycles. The summed E-state index contributed by atoms with van der Waals surface area (Å²) in [6, 6.07) is 6.08. The van der Waals surface area contributed by atoms with E-state index in [9.17, 15) is 9.59 Å². The molecule has 8 heteroatoms. The van der Waals surface area contributed by atoms with Gasteiger partial charge >= 0.3 is 0 Å². The van der Waals surface area contributed by atoms with Crippen LogP contribution in [0, 0.1) is 12.8 Å². The van der Waals surface area contributed by atoms with E-state index in [0.29, 0.717) is 22.9 Å². The molecule has 1 aromatic rings. The van der Waals surface area contributed by atoms with E-state index in [-0.39, 0.29) is 5.92 Å². The first-order valence-electron chi connectivity index (χ1n) is 11.7. The third-order valence-corrected chi connectivity index (χ3v) is 5.97. The van der Waals surface area contributed by atoms with Crippen LogP contribution in [0.2, 0.25) is 0 Å². The summed E-state index contributed by atoms with van der Waals surface area (Å²) < 4.78 is 5.93. The molecule has 0 atom stereocenters. The molecule has 1 aliphatic heterocycles. The predicted molar refractivity (Wildman–Crippen MR) is 130 cm³/mol. The highest BCUT2D eigenvalue weighted by molar-refractivity contribution is 5.82. The lowest BCUT2D eigenvalue weighted by Crippen LogP contribution is -2.33. The molecule has 33 heavy (non-hydrogen) atoms. The van der Waals surface area contributed by atoms with Crippen molar-refractivity contribution in [2.24, 2.45) is 10.9 Å². The van der Waals surface area contributed by atoms with E-state index in [0.717, 1.165) is 55.4 Å². The smallest absolute Gasteiger partial charge is 0.163 e. The number of rotatable bonds is 8. The third-order valence-electron chi connectivity index (χ3n) is 5.97. The first-order valence-corrected chi connectivity index (χ1v) is 11.7. The normalized spacial score (nSPS) is 19.8. The Hall–Kier alpha value is -2.81. The van der Waals surface area contributed by atoms with Gasteiger partial charge in [0.05, 0.1) is 12.4 Å². The molecule has 0 bridgehead atoms. The number of hydrogen-bond donors (Lipinski definition) is 3. The summed E-state index contributed by atoms with van der Waals surface area (Å²) in [5.74, 6) is 1.99. The van der Waals surface area contributed by atoms with Crippen molar-refractivity contribution in [3.63, 3.8) is 0 Å². The quantitative estimate of drug-likeness (QED) is 0.315. The van der Waals surface area contributed by atoms with Gasteiger partial charge in [0, 0.05) is 24.2 Å². The monoisotopic (exact) mass is 453 g/mol. The zero-order valence-corrected chi connectivity index (χ0v) is 19.8. The molecule has 0 amide bonds. The van der Waals surface area contributed by atoms with E-state index >= 15 is 0 Å². The van der Waals surface area contributed by atoms with E-state index in [4.69, 9.17) is 4.74 Å². The molecule has 8 nitrogen and oxygen atoms in total. The standard InChI is InChI=1S/C21H25N3O3.C4H10N2/c1-15-8-9-16(13-25)10-20(15)27-18-11-23-21(24(12-18)22-2)19(14-26)17-6-4-3-5-7-17;1-5-6-4-2-3-4/h8-14,17,22H,3-7H2,1-2H3;4-6H,2-3H2,1H3/b21-19+;. The van der Waals surface area contributed by atoms with Gasteiger partial charge in [-0.15, -0.1) is 0 Å². The average Bonchev–Trinajstić information content (AvgIpc) is 3.67. The van der Waals surface area contributed by atoms with Gasteiger partial charge in [-0.25, -0.2) is 10.4 Å². The Kier molecular flexibility index (Phi) is 9.35. The minimum absolute atomic E-state index is 0.252. The lowest BCUT2D eigenvalue weighted by Gasteiger charge is -2.29. The molecule has 178 valence electrons. The van der Waals surface area contributed by atoms with Gasteiger partial charge in [0.25, 0.3) is 0 Å². The van der Waals surface area contributed by atoms with E-state index in [2.05, 4.69) is 21.3 Å². The molecule has 0 saturated heterocycles. The SMILES string of the molecule is CNN1C=C(Oc2cc(C=O)ccc2C)C=N/C1=C(/C=O)C1CCCCC1.CNNC1CC1. The van der Waals surface area contributed by atoms with Crippen molar-refractivity contribution in [3.8, 4) is 5.75 Å². The summed E-state index contributed by atoms with van der Waals surface area (Å²) in [6.07, 6.45) is 13.4. The van der Waals surface area contributed by atoms with Crippen LogP contribution in [0.25, 0.3) is 0 Å². The van der Waals surface area contributed by atoms with Gasteiger partial charge in [0.2, 0.25) is 0 Å². The van der Waals surface area contributed by atoms with Crippen LogP contribution in [0.15, 0.2) is 46.5 Å². The van der Waals surface area contributed by atoms with E-state index in [1.807, 2.05) is 20.0 Å². The third kappa shape index (κ3) is 7.08. The summed E-state index contributed by atoms with van der Waals surface area (Å²) in [5.41, 5.74) is 11.2. The molecule has 0 radical (unpaired) electrons. The maximum atomic E-state index is 11.8. The number of aldehydes is 2. The number of hydrazine groups is 2. The van der Waals surface area contributed by atoms with Crippen molar-refractivity contribution in [2.45, 2.75) is 57.9 Å². The number of ether oxygens (including phenoxy) is 1. The molecule has 2 fully saturated rings. The number of nitrogens with zero attached hydrogens (tertiary/aromatic N) is 2. The van der Waals surface area contributed by atoms with Crippen molar-refractivity contribution in [3.05, 3.63) is 52.7 Å². The van der Waals surface area contributed by atoms with Crippen molar-refractivity contribution < 1.29 is 14.3 Å². The van der Waals surface area contributed by atoms with Crippen LogP contribution >= 0.6 is 0 Å². The number of aryl methyl sites for hydroxylation is 1. The van der Waals surface area contributed by atoms with Crippen LogP contribution in [0.5, 0.6) is 5.75 Å². The van der Waals surface area contributed by atoms with Gasteiger partial charge in [0.1, 0.15) is 18.3 Å². The van der Waals surface area contributed by atoms with Crippen LogP contribution in [0.3, 0.4) is 0 Å².